The lowest BCUT2D eigenvalue weighted by Crippen LogP contribution is -2.42. The SMILES string of the molecule is CC1Cc2ccccc2N1C(=O)CN(C)Cc1cnn2c1CNCC2. The Bertz CT molecular complexity index is 784. The number of amides is 1. The molecule has 1 N–H and O–H groups in total. The fourth-order valence-electron chi connectivity index (χ4n) is 3.97. The van der Waals surface area contributed by atoms with Gasteiger partial charge in [0.25, 0.3) is 0 Å². The highest BCUT2D eigenvalue weighted by Gasteiger charge is 2.30. The molecule has 0 aliphatic carbocycles. The van der Waals surface area contributed by atoms with Crippen molar-refractivity contribution in [1.29, 1.82) is 0 Å². The Morgan fingerprint density at radius 3 is 3.12 bits per heavy atom. The average molecular weight is 339 g/mol. The van der Waals surface area contributed by atoms with Crippen LogP contribution in [0, 0.1) is 0 Å². The molecule has 25 heavy (non-hydrogen) atoms. The molecule has 0 bridgehead atoms. The van der Waals surface area contributed by atoms with Gasteiger partial charge in [0, 0.05) is 36.9 Å². The number of nitrogens with zero attached hydrogens (tertiary/aromatic N) is 4. The molecule has 1 aromatic carbocycles. The second-order valence-corrected chi connectivity index (χ2v) is 7.13. The van der Waals surface area contributed by atoms with E-state index < -0.39 is 0 Å². The summed E-state index contributed by atoms with van der Waals surface area (Å²) < 4.78 is 2.07. The Hall–Kier alpha value is -2.18. The highest BCUT2D eigenvalue weighted by atomic mass is 16.2. The van der Waals surface area contributed by atoms with Crippen LogP contribution >= 0.6 is 0 Å². The summed E-state index contributed by atoms with van der Waals surface area (Å²) in [6.45, 7) is 6.02. The molecule has 0 saturated carbocycles. The number of para-hydroxylation sites is 1. The number of rotatable bonds is 4. The topological polar surface area (TPSA) is 53.4 Å². The van der Waals surface area contributed by atoms with Crippen molar-refractivity contribution >= 4 is 11.6 Å². The quantitative estimate of drug-likeness (QED) is 0.915. The van der Waals surface area contributed by atoms with Crippen LogP contribution in [0.15, 0.2) is 30.5 Å². The normalized spacial score (nSPS) is 19.2. The molecule has 2 aromatic rings. The molecule has 0 fully saturated rings. The minimum Gasteiger partial charge on any atom is -0.309 e. The highest BCUT2D eigenvalue weighted by molar-refractivity contribution is 5.97. The summed E-state index contributed by atoms with van der Waals surface area (Å²) in [6, 6.07) is 8.45. The number of carbonyl (C=O) groups excluding carboxylic acids is 1. The molecule has 6 heteroatoms. The molecule has 3 heterocycles. The lowest BCUT2D eigenvalue weighted by molar-refractivity contribution is -0.119. The summed E-state index contributed by atoms with van der Waals surface area (Å²) >= 11 is 0. The van der Waals surface area contributed by atoms with Crippen LogP contribution < -0.4 is 10.2 Å². The van der Waals surface area contributed by atoms with Crippen LogP contribution in [0.5, 0.6) is 0 Å². The van der Waals surface area contributed by atoms with E-state index in [0.717, 1.165) is 38.3 Å². The maximum Gasteiger partial charge on any atom is 0.241 e. The maximum atomic E-state index is 12.9. The van der Waals surface area contributed by atoms with E-state index in [1.807, 2.05) is 30.3 Å². The second-order valence-electron chi connectivity index (χ2n) is 7.13. The molecule has 2 aliphatic rings. The molecule has 1 amide bonds. The standard InChI is InChI=1S/C19H25N5O/c1-14-9-15-5-3-4-6-17(15)24(14)19(25)13-22(2)12-16-10-21-23-8-7-20-11-18(16)23/h3-6,10,14,20H,7-9,11-13H2,1-2H3. The fraction of sp³-hybridized carbons (Fsp3) is 0.474. The number of benzene rings is 1. The van der Waals surface area contributed by atoms with Crippen LogP contribution in [0.1, 0.15) is 23.7 Å². The van der Waals surface area contributed by atoms with Gasteiger partial charge in [-0.3, -0.25) is 14.4 Å². The lowest BCUT2D eigenvalue weighted by Gasteiger charge is -2.26. The first-order valence-electron chi connectivity index (χ1n) is 8.96. The Kier molecular flexibility index (Phi) is 4.31. The molecular weight excluding hydrogens is 314 g/mol. The third-order valence-electron chi connectivity index (χ3n) is 5.15. The molecule has 1 aromatic heterocycles. The van der Waals surface area contributed by atoms with Crippen molar-refractivity contribution in [2.75, 3.05) is 25.0 Å². The first-order chi connectivity index (χ1) is 12.1. The van der Waals surface area contributed by atoms with Crippen molar-refractivity contribution in [3.05, 3.63) is 47.3 Å². The van der Waals surface area contributed by atoms with Crippen LogP contribution in [0.4, 0.5) is 5.69 Å². The van der Waals surface area contributed by atoms with E-state index >= 15 is 0 Å². The van der Waals surface area contributed by atoms with Gasteiger partial charge in [0.15, 0.2) is 0 Å². The zero-order chi connectivity index (χ0) is 17.4. The average Bonchev–Trinajstić information content (AvgIpc) is 3.15. The van der Waals surface area contributed by atoms with Gasteiger partial charge in [-0.15, -0.1) is 0 Å². The summed E-state index contributed by atoms with van der Waals surface area (Å²) in [5.41, 5.74) is 4.78. The number of nitrogens with one attached hydrogen (secondary N) is 1. The van der Waals surface area contributed by atoms with Gasteiger partial charge in [-0.25, -0.2) is 0 Å². The minimum absolute atomic E-state index is 0.166. The van der Waals surface area contributed by atoms with Gasteiger partial charge < -0.3 is 10.2 Å². The number of hydrogen-bond acceptors (Lipinski definition) is 4. The second kappa shape index (κ2) is 6.61. The summed E-state index contributed by atoms with van der Waals surface area (Å²) in [4.78, 5) is 16.9. The predicted molar refractivity (Wildman–Crippen MR) is 97.4 cm³/mol. The molecule has 1 unspecified atom stereocenters. The molecule has 6 nitrogen and oxygen atoms in total. The number of aromatic nitrogens is 2. The van der Waals surface area contributed by atoms with Crippen molar-refractivity contribution < 1.29 is 4.79 Å². The summed E-state index contributed by atoms with van der Waals surface area (Å²) in [5.74, 6) is 0.166. The third kappa shape index (κ3) is 3.07. The maximum absolute atomic E-state index is 12.9. The largest absolute Gasteiger partial charge is 0.309 e. The number of likely N-dealkylation sites (N-methyl/N-ethyl adjacent to an activating group) is 1. The van der Waals surface area contributed by atoms with Crippen LogP contribution in [-0.4, -0.2) is 46.8 Å². The zero-order valence-corrected chi connectivity index (χ0v) is 14.9. The summed E-state index contributed by atoms with van der Waals surface area (Å²) in [7, 11) is 2.00. The van der Waals surface area contributed by atoms with E-state index in [2.05, 4.69) is 39.1 Å². The van der Waals surface area contributed by atoms with E-state index in [1.54, 1.807) is 0 Å². The molecule has 0 radical (unpaired) electrons. The van der Waals surface area contributed by atoms with Crippen molar-refractivity contribution in [1.82, 2.24) is 20.0 Å². The molecular formula is C19H25N5O. The van der Waals surface area contributed by atoms with Gasteiger partial charge in [0.2, 0.25) is 5.91 Å². The Labute approximate surface area is 148 Å². The molecule has 1 atom stereocenters. The van der Waals surface area contributed by atoms with Gasteiger partial charge in [0.1, 0.15) is 0 Å². The summed E-state index contributed by atoms with van der Waals surface area (Å²) in [6.07, 6.45) is 2.88. The van der Waals surface area contributed by atoms with Crippen molar-refractivity contribution in [3.63, 3.8) is 0 Å². The van der Waals surface area contributed by atoms with Crippen molar-refractivity contribution in [2.24, 2.45) is 0 Å². The van der Waals surface area contributed by atoms with Crippen molar-refractivity contribution in [2.45, 2.75) is 39.0 Å². The molecule has 0 saturated heterocycles. The molecule has 132 valence electrons. The van der Waals surface area contributed by atoms with Gasteiger partial charge in [0.05, 0.1) is 25.0 Å². The minimum atomic E-state index is 0.166. The Morgan fingerprint density at radius 1 is 1.40 bits per heavy atom. The van der Waals surface area contributed by atoms with Crippen LogP contribution in [0.25, 0.3) is 0 Å². The Balaban J connectivity index is 1.44. The van der Waals surface area contributed by atoms with E-state index in [0.29, 0.717) is 6.54 Å². The first kappa shape index (κ1) is 16.3. The molecule has 4 rings (SSSR count). The van der Waals surface area contributed by atoms with E-state index in [-0.39, 0.29) is 11.9 Å². The molecule has 2 aliphatic heterocycles. The highest BCUT2D eigenvalue weighted by Crippen LogP contribution is 2.31. The Morgan fingerprint density at radius 2 is 2.24 bits per heavy atom. The van der Waals surface area contributed by atoms with Crippen LogP contribution in [0.2, 0.25) is 0 Å². The lowest BCUT2D eigenvalue weighted by atomic mass is 10.1. The van der Waals surface area contributed by atoms with Gasteiger partial charge in [-0.2, -0.15) is 5.10 Å². The van der Waals surface area contributed by atoms with Crippen LogP contribution in [-0.2, 0) is 30.8 Å². The van der Waals surface area contributed by atoms with Gasteiger partial charge in [-0.05, 0) is 32.0 Å². The van der Waals surface area contributed by atoms with Crippen LogP contribution in [0.3, 0.4) is 0 Å². The van der Waals surface area contributed by atoms with Gasteiger partial charge in [-0.1, -0.05) is 18.2 Å². The van der Waals surface area contributed by atoms with E-state index in [9.17, 15) is 4.79 Å². The number of hydrogen-bond donors (Lipinski definition) is 1. The zero-order valence-electron chi connectivity index (χ0n) is 14.9. The molecule has 0 spiro atoms. The van der Waals surface area contributed by atoms with E-state index in [1.165, 1.54) is 16.8 Å². The summed E-state index contributed by atoms with van der Waals surface area (Å²) in [5, 5.41) is 7.85. The monoisotopic (exact) mass is 339 g/mol. The number of fused-ring (bicyclic) bond motifs is 2. The van der Waals surface area contributed by atoms with E-state index in [4.69, 9.17) is 0 Å². The fourth-order valence-corrected chi connectivity index (χ4v) is 3.97. The number of carbonyl (C=O) groups is 1. The number of anilines is 1. The third-order valence-corrected chi connectivity index (χ3v) is 5.15. The predicted octanol–water partition coefficient (Wildman–Crippen LogP) is 1.40. The first-order valence-corrected chi connectivity index (χ1v) is 8.96. The van der Waals surface area contributed by atoms with Gasteiger partial charge >= 0.3 is 0 Å². The van der Waals surface area contributed by atoms with Crippen molar-refractivity contribution in [3.8, 4) is 0 Å². The smallest absolute Gasteiger partial charge is 0.241 e.